The fraction of sp³-hybridized carbons (Fsp3) is 0.667. The molecule has 0 bridgehead atoms. The van der Waals surface area contributed by atoms with Crippen LogP contribution in [0.4, 0.5) is 0 Å². The van der Waals surface area contributed by atoms with E-state index in [9.17, 15) is 4.79 Å². The summed E-state index contributed by atoms with van der Waals surface area (Å²) in [6, 6.07) is -0.0353. The van der Waals surface area contributed by atoms with Crippen molar-refractivity contribution in [3.8, 4) is 0 Å². The first-order valence-corrected chi connectivity index (χ1v) is 9.32. The molecule has 3 rings (SSSR count). The second-order valence-electron chi connectivity index (χ2n) is 7.42. The minimum atomic E-state index is -0.0353. The number of carbonyl (C=O) groups excluding carboxylic acids is 1. The molecule has 1 aromatic heterocycles. The largest absolute Gasteiger partial charge is 0.377 e. The van der Waals surface area contributed by atoms with Crippen molar-refractivity contribution in [3.05, 3.63) is 27.7 Å². The predicted molar refractivity (Wildman–Crippen MR) is 92.5 cm³/mol. The molecule has 5 heteroatoms. The molecule has 0 N–H and O–H groups in total. The van der Waals surface area contributed by atoms with Crippen molar-refractivity contribution in [1.29, 1.82) is 0 Å². The molecule has 1 saturated carbocycles. The highest BCUT2D eigenvalue weighted by Crippen LogP contribution is 2.38. The molecule has 1 atom stereocenters. The highest BCUT2D eigenvalue weighted by Gasteiger charge is 2.30. The Labute approximate surface area is 142 Å². The minimum absolute atomic E-state index is 0.0353. The highest BCUT2D eigenvalue weighted by atomic mass is 32.1. The number of morpholine rings is 1. The van der Waals surface area contributed by atoms with Crippen LogP contribution in [0.1, 0.15) is 56.3 Å². The smallest absolute Gasteiger partial charge is 0.247 e. The summed E-state index contributed by atoms with van der Waals surface area (Å²) < 4.78 is 5.60. The van der Waals surface area contributed by atoms with Crippen LogP contribution in [-0.4, -0.2) is 35.5 Å². The van der Waals surface area contributed by atoms with Crippen LogP contribution in [0.15, 0.2) is 17.0 Å². The van der Waals surface area contributed by atoms with Gasteiger partial charge in [-0.2, -0.15) is 0 Å². The number of allylic oxidation sites excluding steroid dienone is 1. The lowest BCUT2D eigenvalue weighted by atomic mass is 9.75. The molecule has 0 spiro atoms. The molecule has 2 aliphatic rings. The zero-order valence-electron chi connectivity index (χ0n) is 14.3. The number of hydrogen-bond donors (Lipinski definition) is 0. The van der Waals surface area contributed by atoms with E-state index in [0.717, 1.165) is 23.5 Å². The predicted octanol–water partition coefficient (Wildman–Crippen LogP) is 3.88. The van der Waals surface area contributed by atoms with Gasteiger partial charge in [-0.15, -0.1) is 11.3 Å². The van der Waals surface area contributed by atoms with Crippen LogP contribution in [0.3, 0.4) is 0 Å². The van der Waals surface area contributed by atoms with Gasteiger partial charge in [-0.25, -0.2) is 4.98 Å². The summed E-state index contributed by atoms with van der Waals surface area (Å²) >= 11 is 1.62. The number of aryl methyl sites for hydroxylation is 1. The fourth-order valence-corrected chi connectivity index (χ4v) is 4.14. The zero-order valence-corrected chi connectivity index (χ0v) is 15.1. The molecule has 2 fully saturated rings. The first kappa shape index (κ1) is 16.7. The molecule has 2 heterocycles. The Morgan fingerprint density at radius 1 is 1.43 bits per heavy atom. The number of rotatable bonds is 2. The van der Waals surface area contributed by atoms with Crippen LogP contribution in [0, 0.1) is 12.3 Å². The van der Waals surface area contributed by atoms with E-state index in [4.69, 9.17) is 4.74 Å². The van der Waals surface area contributed by atoms with Gasteiger partial charge < -0.3 is 9.64 Å². The molecule has 1 aromatic rings. The third-order valence-corrected chi connectivity index (χ3v) is 5.97. The van der Waals surface area contributed by atoms with Gasteiger partial charge in [0.1, 0.15) is 11.0 Å². The Bertz CT molecular complexity index is 594. The molecule has 1 amide bonds. The Balaban J connectivity index is 1.72. The standard InChI is InChI=1S/C18H26N2O2S/c1-13-12-23-17(19-13)15-11-22-9-8-20(15)16(21)10-14-4-6-18(2,3)7-5-14/h10,12,15H,4-9,11H2,1-3H3. The Kier molecular flexibility index (Phi) is 4.87. The molecule has 0 radical (unpaired) electrons. The van der Waals surface area contributed by atoms with Crippen molar-refractivity contribution >= 4 is 17.2 Å². The number of ether oxygens (including phenoxy) is 1. The molecule has 23 heavy (non-hydrogen) atoms. The summed E-state index contributed by atoms with van der Waals surface area (Å²) in [4.78, 5) is 19.3. The van der Waals surface area contributed by atoms with Crippen molar-refractivity contribution in [2.75, 3.05) is 19.8 Å². The maximum absolute atomic E-state index is 12.8. The van der Waals surface area contributed by atoms with Gasteiger partial charge in [-0.05, 0) is 38.0 Å². The summed E-state index contributed by atoms with van der Waals surface area (Å²) in [5.41, 5.74) is 2.73. The van der Waals surface area contributed by atoms with Crippen LogP contribution in [0.25, 0.3) is 0 Å². The van der Waals surface area contributed by atoms with Crippen molar-refractivity contribution in [2.45, 2.75) is 52.5 Å². The molecular weight excluding hydrogens is 308 g/mol. The normalized spacial score (nSPS) is 24.6. The molecular formula is C18H26N2O2S. The second-order valence-corrected chi connectivity index (χ2v) is 8.31. The van der Waals surface area contributed by atoms with E-state index in [-0.39, 0.29) is 11.9 Å². The van der Waals surface area contributed by atoms with E-state index >= 15 is 0 Å². The van der Waals surface area contributed by atoms with E-state index in [0.29, 0.717) is 25.2 Å². The van der Waals surface area contributed by atoms with E-state index < -0.39 is 0 Å². The number of carbonyl (C=O) groups is 1. The Morgan fingerprint density at radius 2 is 2.17 bits per heavy atom. The Morgan fingerprint density at radius 3 is 2.83 bits per heavy atom. The van der Waals surface area contributed by atoms with Gasteiger partial charge in [0.15, 0.2) is 0 Å². The summed E-state index contributed by atoms with van der Waals surface area (Å²) in [6.45, 7) is 8.43. The average Bonchev–Trinajstić information content (AvgIpc) is 2.96. The number of amides is 1. The SMILES string of the molecule is Cc1csc(C2COCCN2C(=O)C=C2CCC(C)(C)CC2)n1. The molecule has 1 aliphatic carbocycles. The van der Waals surface area contributed by atoms with E-state index in [1.54, 1.807) is 11.3 Å². The Hall–Kier alpha value is -1.20. The third-order valence-electron chi connectivity index (χ3n) is 4.91. The van der Waals surface area contributed by atoms with Crippen LogP contribution >= 0.6 is 11.3 Å². The molecule has 1 saturated heterocycles. The van der Waals surface area contributed by atoms with Crippen molar-refractivity contribution in [2.24, 2.45) is 5.41 Å². The fourth-order valence-electron chi connectivity index (χ4n) is 3.25. The maximum Gasteiger partial charge on any atom is 0.247 e. The lowest BCUT2D eigenvalue weighted by Gasteiger charge is -2.35. The van der Waals surface area contributed by atoms with Crippen LogP contribution in [0.2, 0.25) is 0 Å². The molecule has 1 aliphatic heterocycles. The first-order chi connectivity index (χ1) is 10.9. The quantitative estimate of drug-likeness (QED) is 0.771. The van der Waals surface area contributed by atoms with Gasteiger partial charge in [0.05, 0.1) is 13.2 Å². The van der Waals surface area contributed by atoms with Crippen molar-refractivity contribution < 1.29 is 9.53 Å². The van der Waals surface area contributed by atoms with Gasteiger partial charge in [0.25, 0.3) is 0 Å². The molecule has 0 aromatic carbocycles. The summed E-state index contributed by atoms with van der Waals surface area (Å²) in [5.74, 6) is 0.126. The van der Waals surface area contributed by atoms with Gasteiger partial charge in [-0.3, -0.25) is 4.79 Å². The lowest BCUT2D eigenvalue weighted by Crippen LogP contribution is -2.42. The second kappa shape index (κ2) is 6.73. The monoisotopic (exact) mass is 334 g/mol. The number of aromatic nitrogens is 1. The minimum Gasteiger partial charge on any atom is -0.377 e. The number of nitrogens with zero attached hydrogens (tertiary/aromatic N) is 2. The highest BCUT2D eigenvalue weighted by molar-refractivity contribution is 7.09. The molecule has 1 unspecified atom stereocenters. The summed E-state index contributed by atoms with van der Waals surface area (Å²) in [5, 5.41) is 3.02. The van der Waals surface area contributed by atoms with Crippen LogP contribution in [-0.2, 0) is 9.53 Å². The van der Waals surface area contributed by atoms with Gasteiger partial charge in [0.2, 0.25) is 5.91 Å². The zero-order chi connectivity index (χ0) is 16.4. The average molecular weight is 334 g/mol. The van der Waals surface area contributed by atoms with Gasteiger partial charge >= 0.3 is 0 Å². The van der Waals surface area contributed by atoms with E-state index in [1.807, 2.05) is 23.3 Å². The van der Waals surface area contributed by atoms with Crippen LogP contribution in [0.5, 0.6) is 0 Å². The molecule has 4 nitrogen and oxygen atoms in total. The third kappa shape index (κ3) is 4.01. The number of hydrogen-bond acceptors (Lipinski definition) is 4. The van der Waals surface area contributed by atoms with Gasteiger partial charge in [0, 0.05) is 23.7 Å². The van der Waals surface area contributed by atoms with Crippen molar-refractivity contribution in [1.82, 2.24) is 9.88 Å². The molecule has 126 valence electrons. The number of thiazole rings is 1. The van der Waals surface area contributed by atoms with Crippen molar-refractivity contribution in [3.63, 3.8) is 0 Å². The topological polar surface area (TPSA) is 42.4 Å². The first-order valence-electron chi connectivity index (χ1n) is 8.44. The summed E-state index contributed by atoms with van der Waals surface area (Å²) in [7, 11) is 0. The van der Waals surface area contributed by atoms with Crippen LogP contribution < -0.4 is 0 Å². The lowest BCUT2D eigenvalue weighted by molar-refractivity contribution is -0.134. The van der Waals surface area contributed by atoms with Gasteiger partial charge in [-0.1, -0.05) is 19.4 Å². The van der Waals surface area contributed by atoms with E-state index in [1.165, 1.54) is 18.4 Å². The van der Waals surface area contributed by atoms with E-state index in [2.05, 4.69) is 18.8 Å². The maximum atomic E-state index is 12.8. The summed E-state index contributed by atoms with van der Waals surface area (Å²) in [6.07, 6.45) is 6.32.